The van der Waals surface area contributed by atoms with Crippen molar-refractivity contribution in [2.45, 2.75) is 43.0 Å². The zero-order valence-electron chi connectivity index (χ0n) is 27.1. The second-order valence-electron chi connectivity index (χ2n) is 11.9. The number of aromatic carboxylic acids is 1. The fourth-order valence-corrected chi connectivity index (χ4v) is 6.60. The van der Waals surface area contributed by atoms with Crippen LogP contribution >= 0.6 is 11.8 Å². The van der Waals surface area contributed by atoms with Gasteiger partial charge in [0.1, 0.15) is 5.56 Å². The first-order chi connectivity index (χ1) is 25.0. The van der Waals surface area contributed by atoms with Gasteiger partial charge < -0.3 is 25.0 Å². The highest BCUT2D eigenvalue weighted by Gasteiger charge is 2.33. The predicted molar refractivity (Wildman–Crippen MR) is 182 cm³/mol. The summed E-state index contributed by atoms with van der Waals surface area (Å²) in [6.07, 6.45) is -0.723. The lowest BCUT2D eigenvalue weighted by Crippen LogP contribution is -2.31. The minimum absolute atomic E-state index is 0.0836. The van der Waals surface area contributed by atoms with Crippen LogP contribution in [0.3, 0.4) is 0 Å². The fourth-order valence-electron chi connectivity index (χ4n) is 5.67. The van der Waals surface area contributed by atoms with E-state index in [0.717, 1.165) is 32.7 Å². The van der Waals surface area contributed by atoms with Crippen molar-refractivity contribution < 1.29 is 51.2 Å². The van der Waals surface area contributed by atoms with Crippen molar-refractivity contribution in [1.29, 1.82) is 0 Å². The summed E-state index contributed by atoms with van der Waals surface area (Å²) < 4.78 is 81.7. The van der Waals surface area contributed by atoms with Gasteiger partial charge in [0, 0.05) is 29.2 Å². The molecule has 1 heterocycles. The number of amides is 1. The van der Waals surface area contributed by atoms with Crippen LogP contribution in [0.15, 0.2) is 102 Å². The zero-order valence-corrected chi connectivity index (χ0v) is 27.9. The van der Waals surface area contributed by atoms with Crippen molar-refractivity contribution in [3.8, 4) is 11.1 Å². The molecule has 0 saturated carbocycles. The molecular weight excluding hydrogens is 705 g/mol. The Morgan fingerprint density at radius 2 is 1.37 bits per heavy atom. The number of aliphatic hydroxyl groups is 1. The molecule has 5 aromatic carbocycles. The molecule has 1 amide bonds. The summed E-state index contributed by atoms with van der Waals surface area (Å²) >= 11 is 1.54. The molecule has 0 bridgehead atoms. The van der Waals surface area contributed by atoms with Crippen LogP contribution < -0.4 is 5.32 Å². The number of benzene rings is 5. The lowest BCUT2D eigenvalue weighted by atomic mass is 9.99. The standard InChI is InChI=1S/C39H30F5NO6S/c40-32-31(33(41)35(43)36(44)34(32)42)37(47)45-18-22-2-1-3-27(16-22)23-8-10-26(11-9-23)39-50-28(20-52-29-14-12-25(13-15-29)38(48)49)17-30(51-39)24-6-4-21(19-46)5-7-24/h1-16,28,30,39,46H,17-20H2,(H,45,47)(H,48,49)/t28-,30+,39+/m0/s1. The second kappa shape index (κ2) is 16.1. The Kier molecular flexibility index (Phi) is 11.3. The maximum Gasteiger partial charge on any atom is 0.335 e. The van der Waals surface area contributed by atoms with Crippen LogP contribution in [-0.4, -0.2) is 33.9 Å². The van der Waals surface area contributed by atoms with Gasteiger partial charge in [-0.3, -0.25) is 4.79 Å². The Balaban J connectivity index is 1.16. The third-order valence-corrected chi connectivity index (χ3v) is 9.63. The average Bonchev–Trinajstić information content (AvgIpc) is 3.18. The average molecular weight is 736 g/mol. The van der Waals surface area contributed by atoms with E-state index >= 15 is 0 Å². The smallest absolute Gasteiger partial charge is 0.335 e. The highest BCUT2D eigenvalue weighted by molar-refractivity contribution is 7.99. The van der Waals surface area contributed by atoms with Crippen molar-refractivity contribution in [3.05, 3.63) is 160 Å². The fraction of sp³-hybridized carbons (Fsp3) is 0.179. The van der Waals surface area contributed by atoms with Gasteiger partial charge in [-0.25, -0.2) is 26.7 Å². The Morgan fingerprint density at radius 1 is 0.731 bits per heavy atom. The van der Waals surface area contributed by atoms with E-state index in [4.69, 9.17) is 9.47 Å². The van der Waals surface area contributed by atoms with Gasteiger partial charge in [0.25, 0.3) is 5.91 Å². The van der Waals surface area contributed by atoms with Gasteiger partial charge in [0.2, 0.25) is 5.82 Å². The Bertz CT molecular complexity index is 2050. The number of carboxylic acid groups (broad SMARTS) is 1. The molecule has 1 fully saturated rings. The molecule has 5 aromatic rings. The summed E-state index contributed by atoms with van der Waals surface area (Å²) in [6, 6.07) is 28.4. The molecule has 0 spiro atoms. The number of carboxylic acids is 1. The van der Waals surface area contributed by atoms with Crippen molar-refractivity contribution in [1.82, 2.24) is 5.32 Å². The molecule has 3 atom stereocenters. The number of carbonyl (C=O) groups excluding carboxylic acids is 1. The molecule has 1 saturated heterocycles. The van der Waals surface area contributed by atoms with E-state index < -0.39 is 52.8 Å². The van der Waals surface area contributed by atoms with E-state index in [1.807, 2.05) is 48.5 Å². The van der Waals surface area contributed by atoms with Crippen LogP contribution in [0.25, 0.3) is 11.1 Å². The van der Waals surface area contributed by atoms with Gasteiger partial charge in [-0.05, 0) is 58.1 Å². The van der Waals surface area contributed by atoms with Crippen molar-refractivity contribution in [3.63, 3.8) is 0 Å². The van der Waals surface area contributed by atoms with Crippen molar-refractivity contribution >= 4 is 23.6 Å². The molecule has 1 aliphatic rings. The molecule has 7 nitrogen and oxygen atoms in total. The molecule has 268 valence electrons. The summed E-state index contributed by atoms with van der Waals surface area (Å²) in [5.41, 5.74) is 3.09. The number of ether oxygens (including phenoxy) is 2. The predicted octanol–water partition coefficient (Wildman–Crippen LogP) is 8.51. The second-order valence-corrected chi connectivity index (χ2v) is 13.0. The first-order valence-electron chi connectivity index (χ1n) is 16.0. The van der Waals surface area contributed by atoms with E-state index in [9.17, 15) is 41.8 Å². The van der Waals surface area contributed by atoms with Crippen LogP contribution in [0.5, 0.6) is 0 Å². The third-order valence-electron chi connectivity index (χ3n) is 8.49. The van der Waals surface area contributed by atoms with Crippen LogP contribution in [0, 0.1) is 29.1 Å². The van der Waals surface area contributed by atoms with Gasteiger partial charge in [-0.15, -0.1) is 11.8 Å². The zero-order chi connectivity index (χ0) is 36.9. The van der Waals surface area contributed by atoms with Gasteiger partial charge in [0.05, 0.1) is 24.4 Å². The number of hydrogen-bond acceptors (Lipinski definition) is 6. The quantitative estimate of drug-likeness (QED) is 0.0541. The minimum Gasteiger partial charge on any atom is -0.478 e. The molecule has 3 N–H and O–H groups in total. The molecule has 52 heavy (non-hydrogen) atoms. The monoisotopic (exact) mass is 735 g/mol. The molecule has 6 rings (SSSR count). The van der Waals surface area contributed by atoms with Gasteiger partial charge in [-0.1, -0.05) is 66.7 Å². The number of aliphatic hydroxyl groups excluding tert-OH is 1. The molecule has 1 aliphatic heterocycles. The van der Waals surface area contributed by atoms with Gasteiger partial charge in [-0.2, -0.15) is 0 Å². The number of hydrogen-bond donors (Lipinski definition) is 3. The lowest BCUT2D eigenvalue weighted by Gasteiger charge is -2.36. The Hall–Kier alpha value is -5.08. The van der Waals surface area contributed by atoms with E-state index in [-0.39, 0.29) is 30.9 Å². The number of thioether (sulfide) groups is 1. The van der Waals surface area contributed by atoms with Gasteiger partial charge >= 0.3 is 5.97 Å². The van der Waals surface area contributed by atoms with Crippen LogP contribution in [0.2, 0.25) is 0 Å². The van der Waals surface area contributed by atoms with Crippen LogP contribution in [0.4, 0.5) is 22.0 Å². The maximum atomic E-state index is 14.1. The topological polar surface area (TPSA) is 105 Å². The normalized spacial score (nSPS) is 17.2. The lowest BCUT2D eigenvalue weighted by molar-refractivity contribution is -0.245. The van der Waals surface area contributed by atoms with E-state index in [1.54, 1.807) is 48.5 Å². The molecule has 0 radical (unpaired) electrons. The number of halogens is 5. The third kappa shape index (κ3) is 8.18. The summed E-state index contributed by atoms with van der Waals surface area (Å²) in [7, 11) is 0. The highest BCUT2D eigenvalue weighted by atomic mass is 32.2. The van der Waals surface area contributed by atoms with E-state index in [0.29, 0.717) is 17.7 Å². The first-order valence-corrected chi connectivity index (χ1v) is 17.0. The summed E-state index contributed by atoms with van der Waals surface area (Å²) in [5.74, 6) is -13.1. The first kappa shape index (κ1) is 36.7. The molecule has 13 heteroatoms. The molecule has 0 aromatic heterocycles. The number of rotatable bonds is 11. The SMILES string of the molecule is O=C(O)c1ccc(SC[C@@H]2C[C@H](c3ccc(CO)cc3)O[C@H](c3ccc(-c4cccc(CNC(=O)c5c(F)c(F)c(F)c(F)c5F)c4)cc3)O2)cc1. The Labute approximate surface area is 299 Å². The van der Waals surface area contributed by atoms with Crippen LogP contribution in [0.1, 0.15) is 61.8 Å². The Morgan fingerprint density at radius 3 is 2.00 bits per heavy atom. The highest BCUT2D eigenvalue weighted by Crippen LogP contribution is 2.40. The molecule has 0 unspecified atom stereocenters. The maximum absolute atomic E-state index is 14.1. The molecular formula is C39H30F5NO6S. The van der Waals surface area contributed by atoms with Gasteiger partial charge in [0.15, 0.2) is 29.6 Å². The largest absolute Gasteiger partial charge is 0.478 e. The number of carbonyl (C=O) groups is 2. The van der Waals surface area contributed by atoms with Crippen LogP contribution in [-0.2, 0) is 22.6 Å². The summed E-state index contributed by atoms with van der Waals surface area (Å²) in [6.45, 7) is -0.336. The molecule has 0 aliphatic carbocycles. The summed E-state index contributed by atoms with van der Waals surface area (Å²) in [4.78, 5) is 24.6. The summed E-state index contributed by atoms with van der Waals surface area (Å²) in [5, 5.41) is 20.9. The minimum atomic E-state index is -2.35. The van der Waals surface area contributed by atoms with E-state index in [2.05, 4.69) is 5.32 Å². The van der Waals surface area contributed by atoms with Crippen molar-refractivity contribution in [2.75, 3.05) is 5.75 Å². The van der Waals surface area contributed by atoms with Crippen molar-refractivity contribution in [2.24, 2.45) is 0 Å². The van der Waals surface area contributed by atoms with E-state index in [1.165, 1.54) is 11.8 Å². The number of nitrogens with one attached hydrogen (secondary N) is 1.